The van der Waals surface area contributed by atoms with Gasteiger partial charge in [0.25, 0.3) is 5.91 Å². The van der Waals surface area contributed by atoms with Gasteiger partial charge in [0.1, 0.15) is 5.56 Å². The number of nitrogens with one attached hydrogen (secondary N) is 1. The third kappa shape index (κ3) is 2.65. The molecule has 0 saturated heterocycles. The van der Waals surface area contributed by atoms with Crippen LogP contribution in [0.2, 0.25) is 0 Å². The van der Waals surface area contributed by atoms with Gasteiger partial charge >= 0.3 is 0 Å². The summed E-state index contributed by atoms with van der Waals surface area (Å²) in [7, 11) is 0. The summed E-state index contributed by atoms with van der Waals surface area (Å²) in [4.78, 5) is 17.4. The molecule has 3 heterocycles. The van der Waals surface area contributed by atoms with Crippen molar-refractivity contribution < 1.29 is 14.3 Å². The molecule has 134 valence electrons. The topological polar surface area (TPSA) is 77.8 Å². The summed E-state index contributed by atoms with van der Waals surface area (Å²) >= 11 is 0. The van der Waals surface area contributed by atoms with Gasteiger partial charge in [-0.25, -0.2) is 9.50 Å². The summed E-state index contributed by atoms with van der Waals surface area (Å²) in [6.07, 6.45) is 0. The van der Waals surface area contributed by atoms with Gasteiger partial charge in [-0.05, 0) is 51.5 Å². The van der Waals surface area contributed by atoms with Gasteiger partial charge < -0.3 is 14.8 Å². The monoisotopic (exact) mass is 352 g/mol. The van der Waals surface area contributed by atoms with Crippen LogP contribution in [0.3, 0.4) is 0 Å². The summed E-state index contributed by atoms with van der Waals surface area (Å²) in [6, 6.07) is 7.42. The average Bonchev–Trinajstić information content (AvgIpc) is 3.17. The van der Waals surface area contributed by atoms with Crippen molar-refractivity contribution in [3.63, 3.8) is 0 Å². The maximum atomic E-state index is 12.9. The second-order valence-electron chi connectivity index (χ2n) is 6.54. The van der Waals surface area contributed by atoms with Crippen LogP contribution in [0.5, 0.6) is 11.5 Å². The predicted molar refractivity (Wildman–Crippen MR) is 95.6 cm³/mol. The number of fused-ring (bicyclic) bond motifs is 2. The lowest BCUT2D eigenvalue weighted by Gasteiger charge is -2.14. The molecule has 26 heavy (non-hydrogen) atoms. The minimum absolute atomic E-state index is 0.194. The number of amides is 1. The lowest BCUT2D eigenvalue weighted by Crippen LogP contribution is -2.27. The third-order valence-electron chi connectivity index (χ3n) is 4.54. The number of carbonyl (C=O) groups is 1. The summed E-state index contributed by atoms with van der Waals surface area (Å²) in [5.74, 6) is 1.23. The van der Waals surface area contributed by atoms with Crippen molar-refractivity contribution in [1.82, 2.24) is 19.9 Å². The van der Waals surface area contributed by atoms with E-state index in [0.717, 1.165) is 22.7 Å². The Morgan fingerprint density at radius 3 is 2.77 bits per heavy atom. The second-order valence-corrected chi connectivity index (χ2v) is 6.54. The molecule has 0 aliphatic carbocycles. The molecule has 7 heteroatoms. The van der Waals surface area contributed by atoms with Crippen LogP contribution >= 0.6 is 0 Å². The molecule has 1 amide bonds. The Bertz CT molecular complexity index is 1030. The van der Waals surface area contributed by atoms with Gasteiger partial charge in [-0.15, -0.1) is 0 Å². The van der Waals surface area contributed by atoms with E-state index in [1.807, 2.05) is 52.0 Å². The predicted octanol–water partition coefficient (Wildman–Crippen LogP) is 2.87. The zero-order chi connectivity index (χ0) is 18.4. The number of benzene rings is 1. The quantitative estimate of drug-likeness (QED) is 0.784. The fourth-order valence-electron chi connectivity index (χ4n) is 3.23. The Kier molecular flexibility index (Phi) is 3.79. The van der Waals surface area contributed by atoms with Gasteiger partial charge in [0.05, 0.1) is 11.7 Å². The Balaban J connectivity index is 1.64. The minimum Gasteiger partial charge on any atom is -0.454 e. The van der Waals surface area contributed by atoms with Crippen LogP contribution < -0.4 is 14.8 Å². The molecule has 1 atom stereocenters. The zero-order valence-electron chi connectivity index (χ0n) is 15.2. The van der Waals surface area contributed by atoms with Crippen LogP contribution in [-0.2, 0) is 0 Å². The molecule has 2 aromatic heterocycles. The highest BCUT2D eigenvalue weighted by molar-refractivity contribution is 6.01. The molecule has 1 aliphatic rings. The second kappa shape index (κ2) is 6.01. The highest BCUT2D eigenvalue weighted by Gasteiger charge is 2.22. The molecule has 7 nitrogen and oxygen atoms in total. The Hall–Kier alpha value is -3.09. The van der Waals surface area contributed by atoms with E-state index in [9.17, 15) is 4.79 Å². The van der Waals surface area contributed by atoms with Crippen molar-refractivity contribution in [2.75, 3.05) is 6.79 Å². The molecular weight excluding hydrogens is 332 g/mol. The lowest BCUT2D eigenvalue weighted by atomic mass is 10.1. The van der Waals surface area contributed by atoms with E-state index in [0.29, 0.717) is 22.7 Å². The van der Waals surface area contributed by atoms with Crippen molar-refractivity contribution >= 4 is 11.6 Å². The molecule has 0 spiro atoms. The van der Waals surface area contributed by atoms with Crippen molar-refractivity contribution in [2.24, 2.45) is 0 Å². The van der Waals surface area contributed by atoms with E-state index in [4.69, 9.17) is 9.47 Å². The summed E-state index contributed by atoms with van der Waals surface area (Å²) in [5.41, 5.74) is 4.48. The van der Waals surface area contributed by atoms with Gasteiger partial charge in [-0.3, -0.25) is 4.79 Å². The van der Waals surface area contributed by atoms with Crippen LogP contribution in [0.1, 0.15) is 46.0 Å². The molecule has 0 fully saturated rings. The first-order valence-corrected chi connectivity index (χ1v) is 8.48. The molecule has 1 aromatic carbocycles. The van der Waals surface area contributed by atoms with E-state index in [1.54, 1.807) is 4.52 Å². The van der Waals surface area contributed by atoms with Crippen LogP contribution in [0.15, 0.2) is 24.3 Å². The van der Waals surface area contributed by atoms with Gasteiger partial charge in [-0.2, -0.15) is 5.10 Å². The number of carbonyl (C=O) groups excluding carboxylic acids is 1. The van der Waals surface area contributed by atoms with E-state index in [1.165, 1.54) is 0 Å². The molecule has 3 aromatic rings. The first kappa shape index (κ1) is 16.4. The van der Waals surface area contributed by atoms with Gasteiger partial charge in [0.2, 0.25) is 6.79 Å². The highest BCUT2D eigenvalue weighted by Crippen LogP contribution is 2.34. The number of ether oxygens (including phenoxy) is 2. The zero-order valence-corrected chi connectivity index (χ0v) is 15.2. The Morgan fingerprint density at radius 2 is 1.96 bits per heavy atom. The van der Waals surface area contributed by atoms with Crippen LogP contribution in [-0.4, -0.2) is 27.3 Å². The SMILES string of the molecule is Cc1cc(C)n2nc(C)c(C(=O)N[C@H](C)c3ccc4c(c3)OCO4)c2n1. The van der Waals surface area contributed by atoms with Crippen molar-refractivity contribution in [3.05, 3.63) is 52.5 Å². The van der Waals surface area contributed by atoms with Crippen LogP contribution in [0, 0.1) is 20.8 Å². The molecular formula is C19H20N4O3. The molecule has 1 N–H and O–H groups in total. The first-order valence-electron chi connectivity index (χ1n) is 8.48. The van der Waals surface area contributed by atoms with Crippen molar-refractivity contribution in [3.8, 4) is 11.5 Å². The van der Waals surface area contributed by atoms with Crippen LogP contribution in [0.25, 0.3) is 5.65 Å². The van der Waals surface area contributed by atoms with Gasteiger partial charge in [0, 0.05) is 11.4 Å². The Morgan fingerprint density at radius 1 is 1.19 bits per heavy atom. The molecule has 0 saturated carbocycles. The molecule has 4 rings (SSSR count). The number of rotatable bonds is 3. The standard InChI is InChI=1S/C19H20N4O3/c1-10-7-11(2)23-18(20-10)17(13(4)22-23)19(24)21-12(3)14-5-6-15-16(8-14)26-9-25-15/h5-8,12H,9H2,1-4H3,(H,21,24)/t12-/m1/s1. The minimum atomic E-state index is -0.197. The third-order valence-corrected chi connectivity index (χ3v) is 4.54. The molecule has 1 aliphatic heterocycles. The van der Waals surface area contributed by atoms with Gasteiger partial charge in [0.15, 0.2) is 17.1 Å². The smallest absolute Gasteiger partial charge is 0.257 e. The number of nitrogens with zero attached hydrogens (tertiary/aromatic N) is 3. The average molecular weight is 352 g/mol. The molecule has 0 unspecified atom stereocenters. The number of aryl methyl sites for hydroxylation is 3. The molecule has 0 bridgehead atoms. The van der Waals surface area contributed by atoms with E-state index < -0.39 is 0 Å². The van der Waals surface area contributed by atoms with Crippen LogP contribution in [0.4, 0.5) is 0 Å². The number of hydrogen-bond acceptors (Lipinski definition) is 5. The maximum Gasteiger partial charge on any atom is 0.257 e. The number of aromatic nitrogens is 3. The van der Waals surface area contributed by atoms with Crippen molar-refractivity contribution in [2.45, 2.75) is 33.7 Å². The van der Waals surface area contributed by atoms with E-state index in [-0.39, 0.29) is 18.7 Å². The highest BCUT2D eigenvalue weighted by atomic mass is 16.7. The molecule has 0 radical (unpaired) electrons. The summed E-state index contributed by atoms with van der Waals surface area (Å²) < 4.78 is 12.5. The fourth-order valence-corrected chi connectivity index (χ4v) is 3.23. The number of hydrogen-bond donors (Lipinski definition) is 1. The van der Waals surface area contributed by atoms with Crippen molar-refractivity contribution in [1.29, 1.82) is 0 Å². The first-order chi connectivity index (χ1) is 12.4. The van der Waals surface area contributed by atoms with E-state index in [2.05, 4.69) is 15.4 Å². The largest absolute Gasteiger partial charge is 0.454 e. The van der Waals surface area contributed by atoms with E-state index >= 15 is 0 Å². The lowest BCUT2D eigenvalue weighted by molar-refractivity contribution is 0.0940. The summed E-state index contributed by atoms with van der Waals surface area (Å²) in [5, 5.41) is 7.49. The fraction of sp³-hybridized carbons (Fsp3) is 0.316. The Labute approximate surface area is 151 Å². The van der Waals surface area contributed by atoms with Gasteiger partial charge in [-0.1, -0.05) is 6.07 Å². The summed E-state index contributed by atoms with van der Waals surface area (Å²) in [6.45, 7) is 7.84. The maximum absolute atomic E-state index is 12.9. The normalized spacial score (nSPS) is 13.8.